The van der Waals surface area contributed by atoms with Gasteiger partial charge in [0.2, 0.25) is 0 Å². The second-order valence-electron chi connectivity index (χ2n) is 17.6. The van der Waals surface area contributed by atoms with Crippen LogP contribution in [0.25, 0.3) is 104 Å². The monoisotopic (exact) mass is 864 g/mol. The summed E-state index contributed by atoms with van der Waals surface area (Å²) in [4.78, 5) is 2.41. The van der Waals surface area contributed by atoms with Gasteiger partial charge in [0.15, 0.2) is 0 Å². The Labute approximate surface area is 395 Å². The lowest BCUT2D eigenvalue weighted by atomic mass is 9.84. The number of benzene rings is 12. The van der Waals surface area contributed by atoms with Crippen LogP contribution in [0.3, 0.4) is 0 Å². The zero-order chi connectivity index (χ0) is 45.0. The normalized spacial score (nSPS) is 11.5. The zero-order valence-corrected chi connectivity index (χ0v) is 37.3. The van der Waals surface area contributed by atoms with Gasteiger partial charge in [0.1, 0.15) is 0 Å². The van der Waals surface area contributed by atoms with E-state index >= 15 is 0 Å². The highest BCUT2D eigenvalue weighted by atomic mass is 15.1. The molecule has 13 rings (SSSR count). The smallest absolute Gasteiger partial charge is 0.0542 e. The number of anilines is 3. The highest BCUT2D eigenvalue weighted by molar-refractivity contribution is 6.22. The number of nitrogens with zero attached hydrogens (tertiary/aromatic N) is 2. The Morgan fingerprint density at radius 1 is 0.235 bits per heavy atom. The topological polar surface area (TPSA) is 8.17 Å². The molecule has 0 atom stereocenters. The van der Waals surface area contributed by atoms with Crippen molar-refractivity contribution in [3.8, 4) is 50.2 Å². The quantitative estimate of drug-likeness (QED) is 0.138. The summed E-state index contributed by atoms with van der Waals surface area (Å²) in [5, 5.41) is 9.90. The number of hydrogen-bond donors (Lipinski definition) is 0. The van der Waals surface area contributed by atoms with E-state index in [9.17, 15) is 0 Å². The summed E-state index contributed by atoms with van der Waals surface area (Å²) in [5.41, 5.74) is 16.4. The van der Waals surface area contributed by atoms with E-state index in [2.05, 4.69) is 276 Å². The molecule has 0 amide bonds. The lowest BCUT2D eigenvalue weighted by Crippen LogP contribution is -2.10. The fourth-order valence-corrected chi connectivity index (χ4v) is 10.6. The van der Waals surface area contributed by atoms with Crippen molar-refractivity contribution in [2.24, 2.45) is 0 Å². The second-order valence-corrected chi connectivity index (χ2v) is 17.6. The standard InChI is InChI=1S/C66H44N2/c1-4-18-45(19-5-1)50-26-16-27-53(42-50)67(54-39-41-64-60(44-54)58-30-14-15-32-63(58)68(64)62-33-17-25-47-20-10-11-28-55(47)62)52-37-34-46(35-38-52)51-36-40-57-56-29-12-13-31-59(56)65(48-21-6-2-7-22-48)66(61(57)43-51)49-23-8-3-9-24-49/h1-44H. The molecule has 0 aliphatic rings. The van der Waals surface area contributed by atoms with Crippen LogP contribution in [-0.4, -0.2) is 4.57 Å². The fourth-order valence-electron chi connectivity index (χ4n) is 10.6. The number of aromatic nitrogens is 1. The first kappa shape index (κ1) is 39.4. The predicted molar refractivity (Wildman–Crippen MR) is 290 cm³/mol. The maximum absolute atomic E-state index is 2.43. The fraction of sp³-hybridized carbons (Fsp3) is 0. The molecule has 0 aliphatic carbocycles. The summed E-state index contributed by atoms with van der Waals surface area (Å²) in [5.74, 6) is 0. The van der Waals surface area contributed by atoms with Gasteiger partial charge in [-0.25, -0.2) is 0 Å². The van der Waals surface area contributed by atoms with Gasteiger partial charge in [-0.3, -0.25) is 0 Å². The van der Waals surface area contributed by atoms with Crippen LogP contribution in [0.15, 0.2) is 267 Å². The molecule has 0 N–H and O–H groups in total. The van der Waals surface area contributed by atoms with Crippen LogP contribution in [-0.2, 0) is 0 Å². The first-order chi connectivity index (χ1) is 33.7. The molecule has 0 saturated carbocycles. The molecule has 0 unspecified atom stereocenters. The Hall–Kier alpha value is -8.98. The van der Waals surface area contributed by atoms with Crippen LogP contribution in [0.4, 0.5) is 17.1 Å². The van der Waals surface area contributed by atoms with Crippen molar-refractivity contribution in [2.45, 2.75) is 0 Å². The Morgan fingerprint density at radius 2 is 0.721 bits per heavy atom. The molecule has 68 heavy (non-hydrogen) atoms. The molecule has 2 nitrogen and oxygen atoms in total. The van der Waals surface area contributed by atoms with Crippen LogP contribution in [0.2, 0.25) is 0 Å². The molecular formula is C66H44N2. The van der Waals surface area contributed by atoms with Crippen molar-refractivity contribution >= 4 is 71.2 Å². The van der Waals surface area contributed by atoms with Crippen molar-refractivity contribution in [3.63, 3.8) is 0 Å². The van der Waals surface area contributed by atoms with Gasteiger partial charge in [-0.1, -0.05) is 206 Å². The van der Waals surface area contributed by atoms with Gasteiger partial charge in [0, 0.05) is 33.2 Å². The molecule has 0 radical (unpaired) electrons. The highest BCUT2D eigenvalue weighted by Gasteiger charge is 2.21. The first-order valence-corrected chi connectivity index (χ1v) is 23.4. The minimum Gasteiger partial charge on any atom is -0.310 e. The minimum atomic E-state index is 1.08. The largest absolute Gasteiger partial charge is 0.310 e. The van der Waals surface area contributed by atoms with E-state index < -0.39 is 0 Å². The van der Waals surface area contributed by atoms with Crippen molar-refractivity contribution in [2.75, 3.05) is 4.90 Å². The van der Waals surface area contributed by atoms with Gasteiger partial charge in [-0.05, 0) is 132 Å². The molecule has 2 heteroatoms. The van der Waals surface area contributed by atoms with Crippen molar-refractivity contribution < 1.29 is 0 Å². The molecule has 1 aromatic heterocycles. The van der Waals surface area contributed by atoms with Crippen LogP contribution >= 0.6 is 0 Å². The average molecular weight is 865 g/mol. The molecule has 12 aromatic carbocycles. The molecule has 13 aromatic rings. The molecule has 0 bridgehead atoms. The Kier molecular flexibility index (Phi) is 9.54. The number of para-hydroxylation sites is 1. The summed E-state index contributed by atoms with van der Waals surface area (Å²) >= 11 is 0. The number of hydrogen-bond acceptors (Lipinski definition) is 1. The van der Waals surface area contributed by atoms with Crippen LogP contribution in [0.5, 0.6) is 0 Å². The lowest BCUT2D eigenvalue weighted by Gasteiger charge is -2.26. The summed E-state index contributed by atoms with van der Waals surface area (Å²) in [6.45, 7) is 0. The average Bonchev–Trinajstić information content (AvgIpc) is 3.74. The van der Waals surface area contributed by atoms with E-state index in [4.69, 9.17) is 0 Å². The summed E-state index contributed by atoms with van der Waals surface area (Å²) in [7, 11) is 0. The van der Waals surface area contributed by atoms with Gasteiger partial charge >= 0.3 is 0 Å². The van der Waals surface area contributed by atoms with Gasteiger partial charge in [-0.2, -0.15) is 0 Å². The van der Waals surface area contributed by atoms with E-state index in [1.165, 1.54) is 98.8 Å². The van der Waals surface area contributed by atoms with Crippen molar-refractivity contribution in [1.29, 1.82) is 0 Å². The van der Waals surface area contributed by atoms with Gasteiger partial charge in [0.25, 0.3) is 0 Å². The van der Waals surface area contributed by atoms with E-state index in [-0.39, 0.29) is 0 Å². The van der Waals surface area contributed by atoms with E-state index in [0.717, 1.165) is 22.6 Å². The Balaban J connectivity index is 0.981. The molecule has 1 heterocycles. The van der Waals surface area contributed by atoms with E-state index in [1.807, 2.05) is 0 Å². The third-order valence-electron chi connectivity index (χ3n) is 13.7. The first-order valence-electron chi connectivity index (χ1n) is 23.4. The van der Waals surface area contributed by atoms with Gasteiger partial charge < -0.3 is 9.47 Å². The Bertz CT molecular complexity index is 4000. The molecular weight excluding hydrogens is 821 g/mol. The van der Waals surface area contributed by atoms with Crippen molar-refractivity contribution in [3.05, 3.63) is 267 Å². The highest BCUT2D eigenvalue weighted by Crippen LogP contribution is 2.46. The molecule has 0 aliphatic heterocycles. The molecule has 0 saturated heterocycles. The third-order valence-corrected chi connectivity index (χ3v) is 13.7. The van der Waals surface area contributed by atoms with Crippen LogP contribution in [0, 0.1) is 0 Å². The van der Waals surface area contributed by atoms with Gasteiger partial charge in [-0.15, -0.1) is 0 Å². The summed E-state index contributed by atoms with van der Waals surface area (Å²) in [6, 6.07) is 97.5. The zero-order valence-electron chi connectivity index (χ0n) is 37.3. The summed E-state index contributed by atoms with van der Waals surface area (Å²) < 4.78 is 2.43. The number of rotatable bonds is 8. The van der Waals surface area contributed by atoms with Crippen LogP contribution < -0.4 is 4.90 Å². The minimum absolute atomic E-state index is 1.08. The van der Waals surface area contributed by atoms with Crippen molar-refractivity contribution in [1.82, 2.24) is 4.57 Å². The number of fused-ring (bicyclic) bond motifs is 7. The maximum Gasteiger partial charge on any atom is 0.0542 e. The second kappa shape index (κ2) is 16.5. The van der Waals surface area contributed by atoms with E-state index in [1.54, 1.807) is 0 Å². The lowest BCUT2D eigenvalue weighted by molar-refractivity contribution is 1.20. The SMILES string of the molecule is c1ccc(-c2cccc(N(c3ccc(-c4ccc5c(c4)c(-c4ccccc4)c(-c4ccccc4)c4ccccc45)cc3)c3ccc4c(c3)c3ccccc3n4-c3cccc4ccccc34)c2)cc1. The Morgan fingerprint density at radius 3 is 1.47 bits per heavy atom. The third kappa shape index (κ3) is 6.65. The molecule has 0 fully saturated rings. The maximum atomic E-state index is 2.43. The van der Waals surface area contributed by atoms with Gasteiger partial charge in [0.05, 0.1) is 16.7 Å². The molecule has 318 valence electrons. The predicted octanol–water partition coefficient (Wildman–Crippen LogP) is 18.4. The van der Waals surface area contributed by atoms with E-state index in [0.29, 0.717) is 0 Å². The summed E-state index contributed by atoms with van der Waals surface area (Å²) in [6.07, 6.45) is 0. The van der Waals surface area contributed by atoms with Crippen LogP contribution in [0.1, 0.15) is 0 Å². The molecule has 0 spiro atoms.